The van der Waals surface area contributed by atoms with Crippen molar-refractivity contribution in [2.24, 2.45) is 0 Å². The second-order valence-corrected chi connectivity index (χ2v) is 2.44. The van der Waals surface area contributed by atoms with E-state index in [2.05, 4.69) is 0 Å². The molecular formula is C8H5BO3. The summed E-state index contributed by atoms with van der Waals surface area (Å²) in [7, 11) is 0. The van der Waals surface area contributed by atoms with Crippen LogP contribution in [-0.4, -0.2) is 18.0 Å². The van der Waals surface area contributed by atoms with Gasteiger partial charge in [0.1, 0.15) is 0 Å². The predicted octanol–water partition coefficient (Wildman–Crippen LogP) is 1.47. The normalized spacial score (nSPS) is 10.0. The summed E-state index contributed by atoms with van der Waals surface area (Å²) in [5.74, 6) is -0.929. The van der Waals surface area contributed by atoms with E-state index in [-0.39, 0.29) is 5.56 Å². The van der Waals surface area contributed by atoms with Crippen molar-refractivity contribution in [3.05, 3.63) is 29.9 Å². The van der Waals surface area contributed by atoms with Crippen LogP contribution >= 0.6 is 0 Å². The Morgan fingerprint density at radius 2 is 2.33 bits per heavy atom. The molecule has 0 fully saturated rings. The van der Waals surface area contributed by atoms with Crippen LogP contribution in [0.5, 0.6) is 0 Å². The van der Waals surface area contributed by atoms with E-state index in [4.69, 9.17) is 9.52 Å². The van der Waals surface area contributed by atoms with Gasteiger partial charge in [0.15, 0.2) is 0 Å². The van der Waals surface area contributed by atoms with Gasteiger partial charge in [-0.2, -0.15) is 0 Å². The number of carboxylic acid groups (broad SMARTS) is 1. The van der Waals surface area contributed by atoms with E-state index < -0.39 is 5.97 Å². The quantitative estimate of drug-likeness (QED) is 0.686. The van der Waals surface area contributed by atoms with Crippen LogP contribution in [0.3, 0.4) is 0 Å². The van der Waals surface area contributed by atoms with Crippen molar-refractivity contribution in [1.29, 1.82) is 0 Å². The molecule has 0 aliphatic heterocycles. The van der Waals surface area contributed by atoms with Crippen LogP contribution in [0.1, 0.15) is 10.4 Å². The molecule has 0 aliphatic rings. The average molecular weight is 160 g/mol. The van der Waals surface area contributed by atoms with Crippen LogP contribution in [0, 0.1) is 0 Å². The average Bonchev–Trinajstić information content (AvgIpc) is 2.49. The third-order valence-corrected chi connectivity index (χ3v) is 1.73. The summed E-state index contributed by atoms with van der Waals surface area (Å²) in [6, 6.07) is 4.96. The number of hydrogen-bond acceptors (Lipinski definition) is 2. The number of rotatable bonds is 1. The zero-order valence-corrected chi connectivity index (χ0v) is 6.15. The van der Waals surface area contributed by atoms with Gasteiger partial charge in [-0.25, -0.2) is 0 Å². The summed E-state index contributed by atoms with van der Waals surface area (Å²) in [6.45, 7) is 1.65. The van der Waals surface area contributed by atoms with Crippen molar-refractivity contribution in [3.63, 3.8) is 0 Å². The molecule has 1 aromatic heterocycles. The van der Waals surface area contributed by atoms with Gasteiger partial charge in [0.25, 0.3) is 0 Å². The van der Waals surface area contributed by atoms with E-state index >= 15 is 0 Å². The number of fused-ring (bicyclic) bond motifs is 1. The van der Waals surface area contributed by atoms with E-state index in [1.807, 2.05) is 0 Å². The predicted molar refractivity (Wildman–Crippen MR) is 44.5 cm³/mol. The minimum absolute atomic E-state index is 0.279. The molecule has 58 valence electrons. The minimum atomic E-state index is -0.929. The zero-order valence-electron chi connectivity index (χ0n) is 6.15. The number of hydrogen-bond donors (Lipinski definition) is 1. The second-order valence-electron chi connectivity index (χ2n) is 2.44. The van der Waals surface area contributed by atoms with E-state index in [0.29, 0.717) is 10.9 Å². The Morgan fingerprint density at radius 3 is 3.08 bits per heavy atom. The van der Waals surface area contributed by atoms with Crippen molar-refractivity contribution in [2.45, 2.75) is 0 Å². The first-order chi connectivity index (χ1) is 5.79. The Hall–Kier alpha value is -1.58. The molecule has 0 amide bonds. The first-order valence-electron chi connectivity index (χ1n) is 3.48. The maximum atomic E-state index is 10.7. The van der Waals surface area contributed by atoms with Crippen molar-refractivity contribution in [1.82, 2.24) is 0 Å². The Bertz CT molecular complexity index is 433. The van der Waals surface area contributed by atoms with Gasteiger partial charge in [-0.05, 0) is 0 Å². The Morgan fingerprint density at radius 1 is 1.50 bits per heavy atom. The van der Waals surface area contributed by atoms with Gasteiger partial charge in [-0.3, -0.25) is 0 Å². The first-order valence-corrected chi connectivity index (χ1v) is 3.48. The Balaban J connectivity index is 2.82. The van der Waals surface area contributed by atoms with Gasteiger partial charge >= 0.3 is 68.0 Å². The molecule has 4 heteroatoms. The summed E-state index contributed by atoms with van der Waals surface area (Å²) < 4.78 is 5.05. The van der Waals surface area contributed by atoms with Crippen molar-refractivity contribution in [2.75, 3.05) is 0 Å². The van der Waals surface area contributed by atoms with Gasteiger partial charge < -0.3 is 0 Å². The van der Waals surface area contributed by atoms with Crippen LogP contribution in [-0.2, 0) is 0 Å². The topological polar surface area (TPSA) is 50.4 Å². The summed E-state index contributed by atoms with van der Waals surface area (Å²) in [5, 5.41) is 9.40. The van der Waals surface area contributed by atoms with Gasteiger partial charge in [-0.15, -0.1) is 0 Å². The van der Waals surface area contributed by atoms with E-state index in [1.165, 1.54) is 6.16 Å². The summed E-state index contributed by atoms with van der Waals surface area (Å²) in [5.41, 5.74) is 0.885. The van der Waals surface area contributed by atoms with Crippen molar-refractivity contribution in [3.8, 4) is 0 Å². The third kappa shape index (κ3) is 0.924. The van der Waals surface area contributed by atoms with Crippen LogP contribution in [0.15, 0.2) is 28.8 Å². The second kappa shape index (κ2) is 2.48. The molecule has 12 heavy (non-hydrogen) atoms. The molecule has 1 N–H and O–H groups in total. The van der Waals surface area contributed by atoms with Crippen molar-refractivity contribution < 1.29 is 14.3 Å². The standard InChI is InChI=1S/C8H5BO3/c10-8(11)5-2-1-3-6-7(5)9-4-12-6/h1-4H,(H,10,11). The third-order valence-electron chi connectivity index (χ3n) is 1.73. The Kier molecular flexibility index (Phi) is 1.47. The SMILES string of the molecule is O=C(O)c1cccc2ocbc12. The summed E-state index contributed by atoms with van der Waals surface area (Å²) >= 11 is 0. The van der Waals surface area contributed by atoms with Gasteiger partial charge in [0, 0.05) is 0 Å². The fraction of sp³-hybridized carbons (Fsp3) is 0. The molecule has 0 unspecified atom stereocenters. The molecule has 1 aromatic carbocycles. The monoisotopic (exact) mass is 160 g/mol. The molecule has 0 bridgehead atoms. The van der Waals surface area contributed by atoms with Crippen LogP contribution < -0.4 is 0 Å². The molecular weight excluding hydrogens is 155 g/mol. The van der Waals surface area contributed by atoms with E-state index in [0.717, 1.165) is 0 Å². The summed E-state index contributed by atoms with van der Waals surface area (Å²) in [4.78, 5) is 10.7. The zero-order chi connectivity index (χ0) is 8.55. The first kappa shape index (κ1) is 7.09. The maximum absolute atomic E-state index is 10.7. The molecule has 0 radical (unpaired) electrons. The number of carbonyl (C=O) groups is 1. The molecule has 1 heterocycles. The van der Waals surface area contributed by atoms with Gasteiger partial charge in [0.05, 0.1) is 0 Å². The molecule has 0 saturated heterocycles. The van der Waals surface area contributed by atoms with E-state index in [1.54, 1.807) is 25.1 Å². The molecule has 2 aromatic rings. The molecule has 0 atom stereocenters. The Labute approximate surface area is 68.8 Å². The van der Waals surface area contributed by atoms with Crippen LogP contribution in [0.25, 0.3) is 10.9 Å². The van der Waals surface area contributed by atoms with Crippen LogP contribution in [0.2, 0.25) is 0 Å². The molecule has 0 spiro atoms. The summed E-state index contributed by atoms with van der Waals surface area (Å²) in [6.07, 6.45) is 1.48. The van der Waals surface area contributed by atoms with Crippen molar-refractivity contribution >= 4 is 23.7 Å². The fourth-order valence-corrected chi connectivity index (χ4v) is 1.18. The molecule has 0 aliphatic carbocycles. The van der Waals surface area contributed by atoms with Gasteiger partial charge in [0.2, 0.25) is 0 Å². The number of aromatic carboxylic acids is 1. The molecule has 2 rings (SSSR count). The fourth-order valence-electron chi connectivity index (χ4n) is 1.18. The molecule has 3 nitrogen and oxygen atoms in total. The van der Waals surface area contributed by atoms with Crippen LogP contribution in [0.4, 0.5) is 0 Å². The van der Waals surface area contributed by atoms with E-state index in [9.17, 15) is 4.79 Å². The van der Waals surface area contributed by atoms with Gasteiger partial charge in [-0.1, -0.05) is 0 Å². The number of benzene rings is 1. The number of carboxylic acids is 1. The molecule has 0 saturated carbocycles.